The second-order valence-corrected chi connectivity index (χ2v) is 2.60. The first-order valence-electron chi connectivity index (χ1n) is 3.48. The Labute approximate surface area is 75.7 Å². The van der Waals surface area contributed by atoms with E-state index in [1.165, 1.54) is 0 Å². The highest BCUT2D eigenvalue weighted by Crippen LogP contribution is 2.17. The van der Waals surface area contributed by atoms with Gasteiger partial charge in [-0.1, -0.05) is 0 Å². The van der Waals surface area contributed by atoms with Gasteiger partial charge in [0, 0.05) is 5.56 Å². The van der Waals surface area contributed by atoms with Crippen LogP contribution in [0.3, 0.4) is 0 Å². The summed E-state index contributed by atoms with van der Waals surface area (Å²) < 4.78 is 74.7. The molecule has 14 heavy (non-hydrogen) atoms. The van der Waals surface area contributed by atoms with E-state index in [1.54, 1.807) is 0 Å². The van der Waals surface area contributed by atoms with Crippen LogP contribution in [0.4, 0.5) is 26.2 Å². The van der Waals surface area contributed by atoms with Gasteiger partial charge in [0.15, 0.2) is 23.3 Å². The maximum absolute atomic E-state index is 12.7. The average Bonchev–Trinajstić information content (AvgIpc) is 2.11. The van der Waals surface area contributed by atoms with E-state index in [0.29, 0.717) is 0 Å². The topological polar surface area (TPSA) is 0 Å². The van der Waals surface area contributed by atoms with Crippen LogP contribution in [0.25, 0.3) is 0 Å². The van der Waals surface area contributed by atoms with Crippen LogP contribution in [0.1, 0.15) is 5.56 Å². The van der Waals surface area contributed by atoms with E-state index in [2.05, 4.69) is 0 Å². The molecule has 0 spiro atoms. The molecule has 0 bridgehead atoms. The molecule has 0 saturated carbocycles. The highest BCUT2D eigenvalue weighted by Gasteiger charge is 2.32. The van der Waals surface area contributed by atoms with E-state index < -0.39 is 41.6 Å². The molecular formula is C7H3BF6. The fourth-order valence-corrected chi connectivity index (χ4v) is 0.950. The van der Waals surface area contributed by atoms with E-state index in [9.17, 15) is 26.2 Å². The predicted molar refractivity (Wildman–Crippen MR) is 38.6 cm³/mol. The summed E-state index contributed by atoms with van der Waals surface area (Å²) in [4.78, 5) is 0. The Bertz CT molecular complexity index is 346. The molecule has 0 radical (unpaired) electrons. The Morgan fingerprint density at radius 3 is 1.43 bits per heavy atom. The summed E-state index contributed by atoms with van der Waals surface area (Å²) in [7, 11) is -3.60. The molecule has 0 aromatic heterocycles. The van der Waals surface area contributed by atoms with Crippen molar-refractivity contribution in [3.63, 3.8) is 0 Å². The minimum absolute atomic E-state index is 0.756. The molecule has 0 heterocycles. The van der Waals surface area contributed by atoms with Crippen LogP contribution >= 0.6 is 0 Å². The zero-order valence-electron chi connectivity index (χ0n) is 6.85. The summed E-state index contributed by atoms with van der Waals surface area (Å²) in [6, 6.07) is 0. The summed E-state index contributed by atoms with van der Waals surface area (Å²) in [6.07, 6.45) is 0. The number of hydrogen-bond donors (Lipinski definition) is 0. The largest absolute Gasteiger partial charge is 0.578 e. The van der Waals surface area contributed by atoms with Crippen LogP contribution in [0.2, 0.25) is 0 Å². The van der Waals surface area contributed by atoms with Crippen molar-refractivity contribution < 1.29 is 26.2 Å². The van der Waals surface area contributed by atoms with Gasteiger partial charge < -0.3 is 0 Å². The molecule has 1 aromatic carbocycles. The van der Waals surface area contributed by atoms with Crippen LogP contribution in [0.15, 0.2) is 0 Å². The van der Waals surface area contributed by atoms with E-state index in [1.807, 2.05) is 0 Å². The Kier molecular flexibility index (Phi) is 2.77. The average molecular weight is 212 g/mol. The molecule has 0 aliphatic rings. The fraction of sp³-hybridized carbons (Fsp3) is 0.143. The van der Waals surface area contributed by atoms with Gasteiger partial charge in [0.2, 0.25) is 0 Å². The van der Waals surface area contributed by atoms with Crippen molar-refractivity contribution in [2.45, 2.75) is 6.92 Å². The zero-order valence-corrected chi connectivity index (χ0v) is 6.85. The third-order valence-electron chi connectivity index (χ3n) is 1.74. The highest BCUT2D eigenvalue weighted by atomic mass is 19.2. The minimum Gasteiger partial charge on any atom is -0.281 e. The van der Waals surface area contributed by atoms with E-state index in [-0.39, 0.29) is 0 Å². The van der Waals surface area contributed by atoms with Gasteiger partial charge in [-0.05, 0) is 6.92 Å². The van der Waals surface area contributed by atoms with Gasteiger partial charge in [0.1, 0.15) is 0 Å². The molecule has 76 valence electrons. The molecule has 0 amide bonds. The Hall–Kier alpha value is -1.14. The van der Waals surface area contributed by atoms with Gasteiger partial charge in [-0.15, -0.1) is 0 Å². The second kappa shape index (κ2) is 3.55. The van der Waals surface area contributed by atoms with E-state index in [0.717, 1.165) is 6.92 Å². The molecule has 0 aliphatic heterocycles. The van der Waals surface area contributed by atoms with Gasteiger partial charge >= 0.3 is 7.27 Å². The lowest BCUT2D eigenvalue weighted by Crippen LogP contribution is -2.31. The number of rotatable bonds is 1. The molecule has 0 atom stereocenters. The third-order valence-corrected chi connectivity index (χ3v) is 1.74. The molecule has 0 fully saturated rings. The lowest BCUT2D eigenvalue weighted by molar-refractivity contribution is 0.450. The molecule has 0 unspecified atom stereocenters. The van der Waals surface area contributed by atoms with E-state index in [4.69, 9.17) is 0 Å². The van der Waals surface area contributed by atoms with Crippen molar-refractivity contribution in [2.24, 2.45) is 0 Å². The predicted octanol–water partition coefficient (Wildman–Crippen LogP) is 2.19. The second-order valence-electron chi connectivity index (χ2n) is 2.60. The van der Waals surface area contributed by atoms with Crippen molar-refractivity contribution in [1.82, 2.24) is 0 Å². The Morgan fingerprint density at radius 2 is 1.14 bits per heavy atom. The molecule has 0 nitrogen and oxygen atoms in total. The Morgan fingerprint density at radius 1 is 0.786 bits per heavy atom. The minimum atomic E-state index is -3.60. The normalized spacial score (nSPS) is 10.5. The summed E-state index contributed by atoms with van der Waals surface area (Å²) in [5, 5.41) is 0. The molecule has 0 N–H and O–H groups in total. The molecule has 1 aromatic rings. The first-order valence-corrected chi connectivity index (χ1v) is 3.48. The van der Waals surface area contributed by atoms with Gasteiger partial charge in [-0.25, -0.2) is 17.6 Å². The van der Waals surface area contributed by atoms with Crippen molar-refractivity contribution >= 4 is 12.7 Å². The molecular weight excluding hydrogens is 209 g/mol. The van der Waals surface area contributed by atoms with Crippen LogP contribution in [-0.4, -0.2) is 7.27 Å². The SMILES string of the molecule is Cc1c(F)c(F)c(B(F)F)c(F)c1F. The van der Waals surface area contributed by atoms with Crippen molar-refractivity contribution in [2.75, 3.05) is 0 Å². The van der Waals surface area contributed by atoms with Crippen LogP contribution in [0, 0.1) is 30.2 Å². The van der Waals surface area contributed by atoms with Crippen molar-refractivity contribution in [1.29, 1.82) is 0 Å². The van der Waals surface area contributed by atoms with E-state index >= 15 is 0 Å². The standard InChI is InChI=1S/C7H3BF6/c1-2-4(9)6(11)3(8(13)14)7(12)5(2)10/h1H3. The van der Waals surface area contributed by atoms with Gasteiger partial charge in [-0.3, -0.25) is 8.63 Å². The lowest BCUT2D eigenvalue weighted by atomic mass is 9.84. The third kappa shape index (κ3) is 1.47. The smallest absolute Gasteiger partial charge is 0.281 e. The van der Waals surface area contributed by atoms with Crippen LogP contribution < -0.4 is 5.46 Å². The summed E-state index contributed by atoms with van der Waals surface area (Å²) in [6.45, 7) is 0.756. The monoisotopic (exact) mass is 212 g/mol. The first kappa shape index (κ1) is 10.9. The summed E-state index contributed by atoms with van der Waals surface area (Å²) in [5.74, 6) is -7.67. The number of hydrogen-bond acceptors (Lipinski definition) is 0. The van der Waals surface area contributed by atoms with Crippen LogP contribution in [-0.2, 0) is 0 Å². The molecule has 0 saturated heterocycles. The lowest BCUT2D eigenvalue weighted by Gasteiger charge is -2.06. The molecule has 0 aliphatic carbocycles. The maximum atomic E-state index is 12.7. The summed E-state index contributed by atoms with van der Waals surface area (Å²) >= 11 is 0. The van der Waals surface area contributed by atoms with Crippen molar-refractivity contribution in [3.05, 3.63) is 28.8 Å². The quantitative estimate of drug-likeness (QED) is 0.380. The van der Waals surface area contributed by atoms with Crippen LogP contribution in [0.5, 0.6) is 0 Å². The molecule has 7 heteroatoms. The fourth-order valence-electron chi connectivity index (χ4n) is 0.950. The highest BCUT2D eigenvalue weighted by molar-refractivity contribution is 6.60. The number of halogens is 6. The van der Waals surface area contributed by atoms with Gasteiger partial charge in [0.25, 0.3) is 0 Å². The summed E-state index contributed by atoms with van der Waals surface area (Å²) in [5.41, 5.74) is -2.82. The first-order chi connectivity index (χ1) is 6.37. The van der Waals surface area contributed by atoms with Crippen molar-refractivity contribution in [3.8, 4) is 0 Å². The molecule has 1 rings (SSSR count). The zero-order chi connectivity index (χ0) is 11.0. The number of benzene rings is 1. The Balaban J connectivity index is 3.60. The van der Waals surface area contributed by atoms with Gasteiger partial charge in [-0.2, -0.15) is 0 Å². The maximum Gasteiger partial charge on any atom is 0.578 e. The van der Waals surface area contributed by atoms with Gasteiger partial charge in [0.05, 0.1) is 5.46 Å².